The first-order valence-corrected chi connectivity index (χ1v) is 8.70. The molecule has 1 aliphatic heterocycles. The van der Waals surface area contributed by atoms with E-state index in [4.69, 9.17) is 5.73 Å². The van der Waals surface area contributed by atoms with Crippen LogP contribution in [0.3, 0.4) is 0 Å². The molecule has 1 aromatic heterocycles. The zero-order valence-corrected chi connectivity index (χ0v) is 16.0. The molecule has 1 unspecified atom stereocenters. The molecular formula is C17H22BrClN4O. The first kappa shape index (κ1) is 19.0. The molecule has 1 aromatic carbocycles. The number of amides is 1. The summed E-state index contributed by atoms with van der Waals surface area (Å²) in [7, 11) is 0. The molecular weight excluding hydrogens is 392 g/mol. The molecule has 2 aromatic rings. The Hall–Kier alpha value is -1.37. The lowest BCUT2D eigenvalue weighted by molar-refractivity contribution is 0.0674. The van der Waals surface area contributed by atoms with Crippen LogP contribution in [0, 0.1) is 5.92 Å². The maximum absolute atomic E-state index is 12.6. The normalized spacial score (nSPS) is 16.5. The van der Waals surface area contributed by atoms with Crippen molar-refractivity contribution in [1.82, 2.24) is 14.7 Å². The van der Waals surface area contributed by atoms with Crippen molar-refractivity contribution in [3.63, 3.8) is 0 Å². The van der Waals surface area contributed by atoms with Crippen molar-refractivity contribution in [3.8, 4) is 5.69 Å². The van der Waals surface area contributed by atoms with Crippen LogP contribution in [0.15, 0.2) is 41.0 Å². The molecule has 1 atom stereocenters. The highest BCUT2D eigenvalue weighted by atomic mass is 79.9. The van der Waals surface area contributed by atoms with Gasteiger partial charge in [-0.05, 0) is 49.9 Å². The van der Waals surface area contributed by atoms with Crippen LogP contribution < -0.4 is 5.73 Å². The van der Waals surface area contributed by atoms with E-state index < -0.39 is 0 Å². The number of hydrogen-bond acceptors (Lipinski definition) is 3. The molecule has 0 spiro atoms. The van der Waals surface area contributed by atoms with Gasteiger partial charge in [-0.25, -0.2) is 4.68 Å². The van der Waals surface area contributed by atoms with Gasteiger partial charge in [-0.1, -0.05) is 22.0 Å². The van der Waals surface area contributed by atoms with Gasteiger partial charge in [0.05, 0.1) is 5.69 Å². The number of carbonyl (C=O) groups is 1. The van der Waals surface area contributed by atoms with E-state index in [1.807, 2.05) is 42.3 Å². The molecule has 7 heteroatoms. The van der Waals surface area contributed by atoms with Gasteiger partial charge in [-0.15, -0.1) is 12.4 Å². The third kappa shape index (κ3) is 4.18. The van der Waals surface area contributed by atoms with Crippen LogP contribution in [-0.4, -0.2) is 39.7 Å². The first-order valence-electron chi connectivity index (χ1n) is 7.91. The lowest BCUT2D eigenvalue weighted by atomic mass is 9.91. The van der Waals surface area contributed by atoms with Crippen molar-refractivity contribution in [1.29, 1.82) is 0 Å². The van der Waals surface area contributed by atoms with Gasteiger partial charge in [-0.2, -0.15) is 5.10 Å². The number of nitrogens with zero attached hydrogens (tertiary/aromatic N) is 3. The summed E-state index contributed by atoms with van der Waals surface area (Å²) < 4.78 is 2.71. The Morgan fingerprint density at radius 2 is 2.04 bits per heavy atom. The fourth-order valence-electron chi connectivity index (χ4n) is 2.99. The molecule has 24 heavy (non-hydrogen) atoms. The minimum atomic E-state index is 0. The molecule has 2 heterocycles. The van der Waals surface area contributed by atoms with Crippen LogP contribution in [0.1, 0.15) is 30.3 Å². The number of hydrogen-bond donors (Lipinski definition) is 1. The predicted octanol–water partition coefficient (Wildman–Crippen LogP) is 3.26. The molecule has 130 valence electrons. The quantitative estimate of drug-likeness (QED) is 0.840. The third-order valence-corrected chi connectivity index (χ3v) is 4.94. The van der Waals surface area contributed by atoms with E-state index in [1.165, 1.54) is 0 Å². The van der Waals surface area contributed by atoms with Gasteiger partial charge in [0.15, 0.2) is 5.69 Å². The minimum absolute atomic E-state index is 0. The van der Waals surface area contributed by atoms with Crippen LogP contribution in [0.5, 0.6) is 0 Å². The lowest BCUT2D eigenvalue weighted by Crippen LogP contribution is -2.42. The Morgan fingerprint density at radius 3 is 2.67 bits per heavy atom. The van der Waals surface area contributed by atoms with Crippen molar-refractivity contribution < 1.29 is 4.79 Å². The molecule has 3 rings (SSSR count). The Balaban J connectivity index is 0.00000208. The molecule has 2 N–H and O–H groups in total. The fourth-order valence-corrected chi connectivity index (χ4v) is 3.38. The second kappa shape index (κ2) is 8.14. The Labute approximate surface area is 156 Å². The number of aromatic nitrogens is 2. The number of benzene rings is 1. The summed E-state index contributed by atoms with van der Waals surface area (Å²) in [5.41, 5.74) is 7.37. The molecule has 1 fully saturated rings. The van der Waals surface area contributed by atoms with E-state index in [0.717, 1.165) is 36.1 Å². The van der Waals surface area contributed by atoms with E-state index >= 15 is 0 Å². The van der Waals surface area contributed by atoms with Crippen LogP contribution in [0.25, 0.3) is 5.69 Å². The zero-order chi connectivity index (χ0) is 16.4. The fraction of sp³-hybridized carbons (Fsp3) is 0.412. The van der Waals surface area contributed by atoms with Crippen molar-refractivity contribution in [2.45, 2.75) is 25.8 Å². The monoisotopic (exact) mass is 412 g/mol. The summed E-state index contributed by atoms with van der Waals surface area (Å²) in [4.78, 5) is 14.5. The van der Waals surface area contributed by atoms with Crippen molar-refractivity contribution >= 4 is 34.2 Å². The van der Waals surface area contributed by atoms with Gasteiger partial charge in [-0.3, -0.25) is 4.79 Å². The Bertz CT molecular complexity index is 695. The van der Waals surface area contributed by atoms with Crippen LogP contribution in [-0.2, 0) is 0 Å². The molecule has 0 saturated carbocycles. The highest BCUT2D eigenvalue weighted by Gasteiger charge is 2.26. The number of carbonyl (C=O) groups excluding carboxylic acids is 1. The molecule has 0 bridgehead atoms. The van der Waals surface area contributed by atoms with Crippen LogP contribution in [0.2, 0.25) is 0 Å². The highest BCUT2D eigenvalue weighted by molar-refractivity contribution is 9.10. The Kier molecular flexibility index (Phi) is 6.43. The predicted molar refractivity (Wildman–Crippen MR) is 101 cm³/mol. The molecule has 1 amide bonds. The average molecular weight is 414 g/mol. The van der Waals surface area contributed by atoms with Crippen molar-refractivity contribution in [2.75, 3.05) is 13.1 Å². The van der Waals surface area contributed by atoms with Gasteiger partial charge in [0, 0.05) is 29.8 Å². The lowest BCUT2D eigenvalue weighted by Gasteiger charge is -2.33. The summed E-state index contributed by atoms with van der Waals surface area (Å²) >= 11 is 3.45. The first-order chi connectivity index (χ1) is 11.0. The van der Waals surface area contributed by atoms with E-state index in [9.17, 15) is 4.79 Å². The van der Waals surface area contributed by atoms with Gasteiger partial charge < -0.3 is 10.6 Å². The number of halogens is 2. The number of rotatable bonds is 3. The number of piperidine rings is 1. The summed E-state index contributed by atoms with van der Waals surface area (Å²) in [6.45, 7) is 3.56. The number of likely N-dealkylation sites (tertiary alicyclic amines) is 1. The maximum atomic E-state index is 12.6. The van der Waals surface area contributed by atoms with E-state index in [1.54, 1.807) is 10.7 Å². The topological polar surface area (TPSA) is 64.2 Å². The smallest absolute Gasteiger partial charge is 0.274 e. The third-order valence-electron chi connectivity index (χ3n) is 4.45. The molecule has 0 radical (unpaired) electrons. The number of nitrogens with two attached hydrogens (primary N) is 1. The highest BCUT2D eigenvalue weighted by Crippen LogP contribution is 2.21. The van der Waals surface area contributed by atoms with E-state index in [2.05, 4.69) is 21.0 Å². The summed E-state index contributed by atoms with van der Waals surface area (Å²) in [5.74, 6) is 0.514. The molecule has 0 aliphatic carbocycles. The minimum Gasteiger partial charge on any atom is -0.337 e. The van der Waals surface area contributed by atoms with Crippen LogP contribution >= 0.6 is 28.3 Å². The SMILES string of the molecule is CC(N)C1CCN(C(=O)c2ccn(-c3cccc(Br)c3)n2)CC1.Cl. The zero-order valence-electron chi connectivity index (χ0n) is 13.6. The second-order valence-corrected chi connectivity index (χ2v) is 7.03. The second-order valence-electron chi connectivity index (χ2n) is 6.11. The summed E-state index contributed by atoms with van der Waals surface area (Å²) in [6, 6.07) is 9.81. The molecule has 1 aliphatic rings. The average Bonchev–Trinajstić information content (AvgIpc) is 3.04. The van der Waals surface area contributed by atoms with Gasteiger partial charge in [0.2, 0.25) is 0 Å². The summed E-state index contributed by atoms with van der Waals surface area (Å²) in [5, 5.41) is 4.43. The largest absolute Gasteiger partial charge is 0.337 e. The molecule has 1 saturated heterocycles. The molecule has 5 nitrogen and oxygen atoms in total. The van der Waals surface area contributed by atoms with Crippen molar-refractivity contribution in [2.24, 2.45) is 11.7 Å². The van der Waals surface area contributed by atoms with Crippen molar-refractivity contribution in [3.05, 3.63) is 46.7 Å². The van der Waals surface area contributed by atoms with E-state index in [-0.39, 0.29) is 24.4 Å². The Morgan fingerprint density at radius 1 is 1.33 bits per heavy atom. The van der Waals surface area contributed by atoms with E-state index in [0.29, 0.717) is 11.6 Å². The van der Waals surface area contributed by atoms with Gasteiger partial charge in [0.1, 0.15) is 0 Å². The van der Waals surface area contributed by atoms with Gasteiger partial charge >= 0.3 is 0 Å². The van der Waals surface area contributed by atoms with Crippen LogP contribution in [0.4, 0.5) is 0 Å². The maximum Gasteiger partial charge on any atom is 0.274 e. The standard InChI is InChI=1S/C17H21BrN4O.ClH/c1-12(19)13-5-8-21(9-6-13)17(23)16-7-10-22(20-16)15-4-2-3-14(18)11-15;/h2-4,7,10-13H,5-6,8-9,19H2,1H3;1H. The van der Waals surface area contributed by atoms with Gasteiger partial charge in [0.25, 0.3) is 5.91 Å². The summed E-state index contributed by atoms with van der Waals surface area (Å²) in [6.07, 6.45) is 3.76.